The van der Waals surface area contributed by atoms with E-state index in [4.69, 9.17) is 34.3 Å². The number of ether oxygens (including phenoxy) is 5. The Morgan fingerprint density at radius 3 is 1.75 bits per heavy atom. The van der Waals surface area contributed by atoms with Gasteiger partial charge in [-0.15, -0.1) is 0 Å². The van der Waals surface area contributed by atoms with Gasteiger partial charge in [-0.3, -0.25) is 53.0 Å². The molecule has 2 aliphatic heterocycles. The zero-order valence-electron chi connectivity index (χ0n) is 71.1. The number of carbonyl (C=O) groups is 11. The fourth-order valence-electron chi connectivity index (χ4n) is 14.6. The molecule has 648 valence electrons. The molecule has 0 spiro atoms. The molecule has 0 aliphatic carbocycles. The van der Waals surface area contributed by atoms with Crippen molar-refractivity contribution < 1.29 is 81.3 Å². The van der Waals surface area contributed by atoms with Crippen LogP contribution in [0.1, 0.15) is 118 Å². The van der Waals surface area contributed by atoms with Gasteiger partial charge >= 0.3 is 18.1 Å². The highest BCUT2D eigenvalue weighted by Crippen LogP contribution is 2.32. The monoisotopic (exact) mass is 1640 g/mol. The van der Waals surface area contributed by atoms with Crippen molar-refractivity contribution in [3.63, 3.8) is 0 Å². The minimum atomic E-state index is -1.15. The molecule has 4 aromatic rings. The molecule has 0 aromatic heterocycles. The number of benzene rings is 3. The number of primary amides is 1. The Morgan fingerprint density at radius 2 is 1.17 bits per heavy atom. The number of nitrogens with two attached hydrogens (primary N) is 1. The number of likely N-dealkylation sites (N-methyl/N-ethyl adjacent to an activating group) is 2. The van der Waals surface area contributed by atoms with Crippen LogP contribution in [0.4, 0.5) is 21.0 Å². The Hall–Kier alpha value is -10.3. The Labute approximate surface area is 695 Å². The lowest BCUT2D eigenvalue weighted by Crippen LogP contribution is -2.59. The van der Waals surface area contributed by atoms with Crippen LogP contribution < -0.4 is 53.3 Å². The lowest BCUT2D eigenvalue weighted by molar-refractivity contribution is -0.151. The Bertz CT molecular complexity index is 3860. The Kier molecular flexibility index (Phi) is 41.3. The van der Waals surface area contributed by atoms with E-state index in [9.17, 15) is 47.9 Å². The molecule has 2 aliphatic rings. The maximum absolute atomic E-state index is 15.3. The summed E-state index contributed by atoms with van der Waals surface area (Å²) in [5.41, 5.74) is 11.1. The summed E-state index contributed by atoms with van der Waals surface area (Å²) in [6.45, 7) is 19.9. The van der Waals surface area contributed by atoms with Gasteiger partial charge in [0.2, 0.25) is 47.3 Å². The van der Waals surface area contributed by atoms with E-state index in [0.717, 1.165) is 43.0 Å². The number of nitrogens with one attached hydrogen (secondary N) is 8. The topological polar surface area (TPSA) is 382 Å². The van der Waals surface area contributed by atoms with E-state index in [-0.39, 0.29) is 127 Å². The minimum Gasteiger partial charge on any atom is -0.459 e. The van der Waals surface area contributed by atoms with Crippen molar-refractivity contribution >= 4 is 76.7 Å². The average Bonchev–Trinajstić information content (AvgIpc) is 1.56. The molecular formula is C87H128N14O17. The van der Waals surface area contributed by atoms with Gasteiger partial charge in [0.15, 0.2) is 0 Å². The number of urea groups is 1. The molecule has 31 nitrogen and oxygen atoms in total. The van der Waals surface area contributed by atoms with Crippen molar-refractivity contribution in [1.82, 2.24) is 57.0 Å². The molecule has 118 heavy (non-hydrogen) atoms. The molecule has 12 atom stereocenters. The molecule has 31 heteroatoms. The molecule has 0 saturated carbocycles. The second-order valence-corrected chi connectivity index (χ2v) is 31.3. The number of esters is 1. The quantitative estimate of drug-likeness (QED) is 0.0131. The van der Waals surface area contributed by atoms with Crippen molar-refractivity contribution in [3.8, 4) is 0 Å². The molecule has 2 heterocycles. The molecule has 2 saturated heterocycles. The summed E-state index contributed by atoms with van der Waals surface area (Å²) < 4.78 is 29.4. The van der Waals surface area contributed by atoms with Crippen molar-refractivity contribution in [1.29, 1.82) is 0 Å². The number of hydrogen-bond acceptors (Lipinski definition) is 20. The van der Waals surface area contributed by atoms with E-state index < -0.39 is 120 Å². The first-order valence-corrected chi connectivity index (χ1v) is 40.9. The number of piperazine rings is 1. The summed E-state index contributed by atoms with van der Waals surface area (Å²) >= 11 is 0. The first-order chi connectivity index (χ1) is 56.4. The number of hydrogen-bond donors (Lipinski definition) is 9. The molecule has 10 N–H and O–H groups in total. The molecule has 2 fully saturated rings. The third-order valence-corrected chi connectivity index (χ3v) is 21.2. The number of rotatable bonds is 46. The number of nitrogens with zero attached hydrogens (tertiary/aromatic N) is 5. The van der Waals surface area contributed by atoms with Crippen molar-refractivity contribution in [2.45, 2.75) is 181 Å². The summed E-state index contributed by atoms with van der Waals surface area (Å²) in [5.74, 6) is -6.27. The van der Waals surface area contributed by atoms with Gasteiger partial charge < -0.3 is 81.3 Å². The SMILES string of the molecule is CC[C@H](C)[C@@H]([C@@H](CC(=O)N1C[C@H](ONC(=O)OCc2ccc(NC(=O)[C@H](CCCNC(N)=O)NC(=O)[C@@H](NC(=O)CCOCCNC(=O)CN3CCN(c4ccccccccc4)CC3)C(C)C)cc2)C[C@H]1[C@H](OC)[C@@H](C)C(=O)N[C@@H](Cc1ccccc1)C(=O)OCc1ccccc1)OC)N(C)C(=O)[C@@H](NC(=O)[C@H](C(C)C)N(C)C)C(C)C. The molecular weight excluding hydrogens is 1510 g/mol. The van der Waals surface area contributed by atoms with Gasteiger partial charge in [-0.25, -0.2) is 14.4 Å². The van der Waals surface area contributed by atoms with Crippen LogP contribution in [0.2, 0.25) is 0 Å². The number of methoxy groups -OCH3 is 2. The number of anilines is 2. The van der Waals surface area contributed by atoms with Gasteiger partial charge in [-0.05, 0) is 91.6 Å². The van der Waals surface area contributed by atoms with Crippen LogP contribution in [-0.4, -0.2) is 246 Å². The van der Waals surface area contributed by atoms with E-state index >= 15 is 4.79 Å². The molecule has 0 radical (unpaired) electrons. The van der Waals surface area contributed by atoms with Gasteiger partial charge in [0.1, 0.15) is 43.5 Å². The third kappa shape index (κ3) is 31.9. The average molecular weight is 1640 g/mol. The smallest absolute Gasteiger partial charge is 0.431 e. The fourth-order valence-corrected chi connectivity index (χ4v) is 14.6. The lowest BCUT2D eigenvalue weighted by Gasteiger charge is -2.41. The Morgan fingerprint density at radius 1 is 0.585 bits per heavy atom. The van der Waals surface area contributed by atoms with E-state index in [2.05, 4.69) is 64.6 Å². The van der Waals surface area contributed by atoms with Crippen LogP contribution in [0.5, 0.6) is 0 Å². The predicted molar refractivity (Wildman–Crippen MR) is 449 cm³/mol. The second-order valence-electron chi connectivity index (χ2n) is 31.3. The van der Waals surface area contributed by atoms with E-state index in [0.29, 0.717) is 17.7 Å². The highest BCUT2D eigenvalue weighted by Gasteiger charge is 2.47. The third-order valence-electron chi connectivity index (χ3n) is 21.2. The number of amides is 11. The Balaban J connectivity index is 1.08. The van der Waals surface area contributed by atoms with E-state index in [1.165, 1.54) is 19.1 Å². The summed E-state index contributed by atoms with van der Waals surface area (Å²) in [5, 5.41) is 19.6. The number of carbonyl (C=O) groups excluding carboxylic acids is 11. The largest absolute Gasteiger partial charge is 0.459 e. The highest BCUT2D eigenvalue weighted by molar-refractivity contribution is 5.98. The van der Waals surface area contributed by atoms with Crippen molar-refractivity contribution in [2.75, 3.05) is 111 Å². The maximum Gasteiger partial charge on any atom is 0.431 e. The molecule has 11 amide bonds. The number of likely N-dealkylation sites (tertiary alicyclic amines) is 1. The number of hydroxylamine groups is 1. The van der Waals surface area contributed by atoms with Crippen LogP contribution in [-0.2, 0) is 91.3 Å². The molecule has 0 unspecified atom stereocenters. The van der Waals surface area contributed by atoms with Crippen LogP contribution in [0.15, 0.2) is 140 Å². The summed E-state index contributed by atoms with van der Waals surface area (Å²) in [7, 11) is 8.14. The van der Waals surface area contributed by atoms with Crippen LogP contribution >= 0.6 is 0 Å². The fraction of sp³-hybridized carbons (Fsp3) is 0.552. The van der Waals surface area contributed by atoms with Gasteiger partial charge in [-0.2, -0.15) is 5.48 Å². The molecule has 0 bridgehead atoms. The highest BCUT2D eigenvalue weighted by atomic mass is 16.7. The normalized spacial score (nSPS) is 16.7. The zero-order chi connectivity index (χ0) is 86.4. The van der Waals surface area contributed by atoms with Crippen LogP contribution in [0, 0.1) is 29.6 Å². The van der Waals surface area contributed by atoms with Gasteiger partial charge in [0.05, 0.1) is 62.4 Å². The maximum atomic E-state index is 15.3. The van der Waals surface area contributed by atoms with Crippen LogP contribution in [0.25, 0.3) is 0 Å². The first kappa shape index (κ1) is 96.5. The minimum absolute atomic E-state index is 0.0154. The summed E-state index contributed by atoms with van der Waals surface area (Å²) in [6, 6.07) is 35.5. The van der Waals surface area contributed by atoms with Crippen molar-refractivity contribution in [3.05, 3.63) is 156 Å². The molecule has 6 rings (SSSR count). The summed E-state index contributed by atoms with van der Waals surface area (Å²) in [4.78, 5) is 167. The first-order valence-electron chi connectivity index (χ1n) is 40.9. The van der Waals surface area contributed by atoms with Crippen molar-refractivity contribution in [2.24, 2.45) is 35.3 Å². The molecule has 4 aromatic carbocycles. The van der Waals surface area contributed by atoms with E-state index in [1.807, 2.05) is 164 Å². The van der Waals surface area contributed by atoms with Crippen LogP contribution in [0.3, 0.4) is 0 Å². The van der Waals surface area contributed by atoms with E-state index in [1.54, 1.807) is 57.0 Å². The van der Waals surface area contributed by atoms with Gasteiger partial charge in [0, 0.05) is 97.7 Å². The summed E-state index contributed by atoms with van der Waals surface area (Å²) in [6.07, 6.45) is -3.24. The zero-order valence-corrected chi connectivity index (χ0v) is 71.1. The lowest BCUT2D eigenvalue weighted by atomic mass is 9.89. The second kappa shape index (κ2) is 50.5. The standard InChI is InChI=1S/C87H128N14O17/c1-15-60(8)78(98(12)84(109)76(58(4)5)95-83(108)77(59(6)7)97(10)11)71(113-13)52-74(104)101-53-67(51-70(101)79(114-14)61(9)80(105)93-69(50-62-30-23-21-24-31-62)85(110)116-55-63-32-25-22-26-33-63)118-96-87(112)117-56-64-37-39-65(40-38-64)91-81(106)68(36-29-42-90-86(88)111)92-82(107)75(57(2)3)94-72(102)41-48-115-49-43-89-73(103)54-99-44-46-100(47-45-99)66-34-27-19-17-16-18-20-28-35-66/h16-28,30-35,37-40,57-61,67-71,75-79H,15,29,36,41-56H2,1-14H3,(H,89,103)(H,91,106)(H,92,107)(H,93,105)(H,94,102)(H,95,108)(H,96,112)(H3,88,90,111)/t60-,61+,67+,68-,69-,70-,71+,75-,76-,77-,78-,79+/m0/s1. The predicted octanol–water partition coefficient (Wildman–Crippen LogP) is 6.42. The van der Waals surface area contributed by atoms with Gasteiger partial charge in [0.25, 0.3) is 0 Å². The van der Waals surface area contributed by atoms with Gasteiger partial charge in [-0.1, -0.05) is 184 Å².